The summed E-state index contributed by atoms with van der Waals surface area (Å²) in [4.78, 5) is 220. The van der Waals surface area contributed by atoms with Crippen molar-refractivity contribution < 1.29 is 107 Å². The van der Waals surface area contributed by atoms with Gasteiger partial charge in [-0.2, -0.15) is 0 Å². The van der Waals surface area contributed by atoms with Crippen molar-refractivity contribution in [2.75, 3.05) is 68.4 Å². The van der Waals surface area contributed by atoms with Gasteiger partial charge in [-0.3, -0.25) is 57.5 Å². The molecule has 9 amide bonds. The SMILES string of the molecule is CC(=O)c1c(C(=O)N[C@H](C(=O)N[C@H](C(=O)N2CC3(C[C@H]2C(=O)O)SCCCS3)C(C)(C)C)C2CCCCC2)[nH]c(C)c1C.CC(=O)c1c(C(=O)O)[nH]c(C)c1C.CCC[C@H](N)C(O)C(=O)NC1CC1.COC(=O)[C@@H]1CC2(CN1C(=O)[C@@H](NC(=O)[C@@H](N)C1CCCCC1)C(C)(C)C)SCCCS2.COC(=O)[C@@H]1CC2(CN1C(=O)[C@@H](NC(=O)[C@@H](NC(=O)c1[nH]c(C)c(C)c1C(C)=O)C1CCCCC1)C(C)(C)C)SCCCS2.O. The van der Waals surface area contributed by atoms with Gasteiger partial charge in [0.25, 0.3) is 17.7 Å². The van der Waals surface area contributed by atoms with Crippen LogP contribution in [0.5, 0.6) is 0 Å². The molecule has 3 aromatic rings. The fourth-order valence-electron chi connectivity index (χ4n) is 20.8. The van der Waals surface area contributed by atoms with Gasteiger partial charge >= 0.3 is 23.9 Å². The molecule has 0 radical (unpaired) electrons. The van der Waals surface area contributed by atoms with Crippen molar-refractivity contribution in [3.8, 4) is 0 Å². The zero-order chi connectivity index (χ0) is 108. The number of carboxylic acids is 2. The molecule has 4 saturated carbocycles. The molecular formula is C104H164N14O22S6. The molecule has 0 aromatic carbocycles. The van der Waals surface area contributed by atoms with Gasteiger partial charge in [-0.15, -0.1) is 70.6 Å². The molecule has 6 saturated heterocycles. The molecule has 3 aromatic heterocycles. The summed E-state index contributed by atoms with van der Waals surface area (Å²) < 4.78 is 9.36. The molecule has 11 atom stereocenters. The van der Waals surface area contributed by atoms with Crippen molar-refractivity contribution in [1.29, 1.82) is 0 Å². The van der Waals surface area contributed by atoms with Crippen molar-refractivity contribution in [1.82, 2.24) is 61.6 Å². The third-order valence-electron chi connectivity index (χ3n) is 29.5. The average Bonchev–Trinajstić information content (AvgIpc) is 1.62. The topological polar surface area (TPSA) is 565 Å². The Morgan fingerprint density at radius 2 is 0.712 bits per heavy atom. The lowest BCUT2D eigenvalue weighted by molar-refractivity contribution is -0.153. The molecule has 42 heteroatoms. The van der Waals surface area contributed by atoms with Crippen LogP contribution in [-0.4, -0.2) is 298 Å². The second kappa shape index (κ2) is 53.7. The maximum atomic E-state index is 14.3. The number of amides is 9. The number of aromatic nitrogens is 3. The molecular weight excluding hydrogens is 1990 g/mol. The molecule has 1 unspecified atom stereocenters. The fraction of sp³-hybridized carbons (Fsp3) is 0.731. The number of ether oxygens (including phenoxy) is 2. The van der Waals surface area contributed by atoms with Crippen LogP contribution in [-0.2, 0) is 57.4 Å². The molecule has 818 valence electrons. The molecule has 10 aliphatic rings. The minimum atomic E-state index is -1.10. The Morgan fingerprint density at radius 1 is 0.418 bits per heavy atom. The number of aliphatic hydroxyl groups is 1. The highest BCUT2D eigenvalue weighted by atomic mass is 32.2. The Hall–Kier alpha value is -8.10. The van der Waals surface area contributed by atoms with Crippen LogP contribution in [0, 0.1) is 75.5 Å². The second-order valence-corrected chi connectivity index (χ2v) is 53.5. The minimum Gasteiger partial charge on any atom is -0.480 e. The van der Waals surface area contributed by atoms with Crippen LogP contribution < -0.4 is 43.4 Å². The second-order valence-electron chi connectivity index (χ2n) is 43.9. The lowest BCUT2D eigenvalue weighted by Crippen LogP contribution is -2.61. The molecule has 10 fully saturated rings. The number of aliphatic carboxylic acids is 1. The number of Topliss-reactive ketones (excluding diaryl/α,β-unsaturated/α-hetero) is 3. The van der Waals surface area contributed by atoms with Gasteiger partial charge in [0.05, 0.1) is 49.2 Å². The number of carbonyl (C=O) groups is 16. The predicted molar refractivity (Wildman–Crippen MR) is 575 cm³/mol. The van der Waals surface area contributed by atoms with Gasteiger partial charge in [0.1, 0.15) is 71.5 Å². The Kier molecular flexibility index (Phi) is 45.3. The largest absolute Gasteiger partial charge is 0.480 e. The summed E-state index contributed by atoms with van der Waals surface area (Å²) in [7, 11) is 2.70. The van der Waals surface area contributed by atoms with E-state index < -0.39 is 130 Å². The summed E-state index contributed by atoms with van der Waals surface area (Å²) in [6, 6.07) is -7.59. The van der Waals surface area contributed by atoms with Gasteiger partial charge in [-0.05, 0) is 225 Å². The third-order valence-corrected chi connectivity index (χ3v) is 39.5. The number of aromatic amines is 3. The van der Waals surface area contributed by atoms with Crippen LogP contribution in [0.4, 0.5) is 0 Å². The number of methoxy groups -OCH3 is 2. The van der Waals surface area contributed by atoms with Crippen LogP contribution in [0.3, 0.4) is 0 Å². The first-order valence-electron chi connectivity index (χ1n) is 51.5. The van der Waals surface area contributed by atoms with Gasteiger partial charge in [0, 0.05) is 68.1 Å². The third kappa shape index (κ3) is 31.6. The molecule has 18 N–H and O–H groups in total. The summed E-state index contributed by atoms with van der Waals surface area (Å²) in [5, 5.41) is 45.9. The number of aromatic carboxylic acids is 1. The molecule has 3 spiro atoms. The van der Waals surface area contributed by atoms with E-state index in [1.54, 1.807) is 98.4 Å². The van der Waals surface area contributed by atoms with E-state index in [9.17, 15) is 86.9 Å². The molecule has 36 nitrogen and oxygen atoms in total. The number of carbonyl (C=O) groups excluding carboxylic acids is 14. The van der Waals surface area contributed by atoms with E-state index in [0.717, 1.165) is 174 Å². The van der Waals surface area contributed by atoms with E-state index in [1.807, 2.05) is 92.8 Å². The number of H-pyrrole nitrogens is 3. The molecule has 6 aliphatic heterocycles. The van der Waals surface area contributed by atoms with Gasteiger partial charge in [0.15, 0.2) is 17.3 Å². The zero-order valence-corrected chi connectivity index (χ0v) is 94.2. The van der Waals surface area contributed by atoms with Crippen LogP contribution >= 0.6 is 70.6 Å². The first-order valence-corrected chi connectivity index (χ1v) is 57.4. The Labute approximate surface area is 885 Å². The summed E-state index contributed by atoms with van der Waals surface area (Å²) in [5.41, 5.74) is 15.4. The lowest BCUT2D eigenvalue weighted by Gasteiger charge is -2.38. The van der Waals surface area contributed by atoms with Crippen molar-refractivity contribution in [2.45, 2.75) is 377 Å². The molecule has 13 rings (SSSR count). The quantitative estimate of drug-likeness (QED) is 0.0237. The number of thioether (sulfide) groups is 6. The van der Waals surface area contributed by atoms with Gasteiger partial charge in [-0.1, -0.05) is 133 Å². The van der Waals surface area contributed by atoms with Gasteiger partial charge in [-0.25, -0.2) is 19.2 Å². The maximum absolute atomic E-state index is 14.3. The number of carboxylic acid groups (broad SMARTS) is 2. The standard InChI is InChI=1S/C32H48N4O6S2.C31H46N4O6S2.C23H39N3O4S2.C9H18N2O2.C9H11NO3.H2O/c1-18-19(2)33-25(23(18)20(3)37)28(39)34-24(21-12-9-8-10-13-21)27(38)35-26(31(4,5)6)29(40)36-17-32(43-14-11-15-44-32)16-22(36)30(41)42-7;1-17-18(2)32-24(22(17)19(3)36)27(38)33-23(20-11-8-7-9-12-20)26(37)34-25(30(4,5)6)28(39)35-16-31(15-21(35)29(40)41)42-13-10-14-43-31;1-22(2,3)18(25-19(27)17(24)15-9-6-5-7-10-15)20(28)26-14-23(31-11-8-12-32-23)13-16(26)21(29)30-4;1-2-3-7(10)8(12)9(13)11-6-4-5-6;1-4-5(2)10-8(9(12)13)7(4)6(3)11;/h21-22,24,26,33H,8-17H2,1-7H3,(H,34,39)(H,35,38);20-21,23,25,32H,7-16H2,1-6H3,(H,33,38)(H,34,37)(H,40,41);15-18H,5-14,24H2,1-4H3,(H,25,27);6-8,12H,2-5,10H2,1H3,(H,11,13);10H,1-3H3,(H,12,13);1H2/t22-,24-,26+;21-,23-,25+;16-,17-,18+;7-,8?;;/m0000../s1. The van der Waals surface area contributed by atoms with Crippen molar-refractivity contribution in [2.24, 2.45) is 45.5 Å². The highest BCUT2D eigenvalue weighted by molar-refractivity contribution is 8.19. The van der Waals surface area contributed by atoms with E-state index >= 15 is 0 Å². The number of nitrogens with zero attached hydrogens (tertiary/aromatic N) is 3. The number of aliphatic hydroxyl groups excluding tert-OH is 1. The van der Waals surface area contributed by atoms with E-state index in [4.69, 9.17) is 26.0 Å². The summed E-state index contributed by atoms with van der Waals surface area (Å²) >= 11 is 10.7. The highest BCUT2D eigenvalue weighted by Gasteiger charge is 2.58. The van der Waals surface area contributed by atoms with E-state index in [0.29, 0.717) is 78.8 Å². The Bertz CT molecular complexity index is 5110. The maximum Gasteiger partial charge on any atom is 0.353 e. The number of ketones is 3. The number of hydrogen-bond acceptors (Lipinski definition) is 27. The summed E-state index contributed by atoms with van der Waals surface area (Å²) in [6.07, 6.45) is 21.5. The summed E-state index contributed by atoms with van der Waals surface area (Å²) in [5.74, 6) is -1.44. The van der Waals surface area contributed by atoms with Gasteiger partial charge < -0.3 is 103 Å². The van der Waals surface area contributed by atoms with E-state index in [1.165, 1.54) is 46.3 Å². The number of esters is 2. The Balaban J connectivity index is 0.000000238. The van der Waals surface area contributed by atoms with Crippen molar-refractivity contribution in [3.05, 3.63) is 67.5 Å². The van der Waals surface area contributed by atoms with E-state index in [2.05, 4.69) is 46.9 Å². The van der Waals surface area contributed by atoms with Gasteiger partial charge in [0.2, 0.25) is 35.4 Å². The monoisotopic (exact) mass is 2150 g/mol. The average molecular weight is 2150 g/mol. The zero-order valence-electron chi connectivity index (χ0n) is 89.3. The lowest BCUT2D eigenvalue weighted by atomic mass is 9.82. The predicted octanol–water partition coefficient (Wildman–Crippen LogP) is 11.9. The fourth-order valence-corrected chi connectivity index (χ4v) is 30.8. The van der Waals surface area contributed by atoms with Crippen molar-refractivity contribution in [3.63, 3.8) is 0 Å². The first kappa shape index (κ1) is 123. The van der Waals surface area contributed by atoms with E-state index in [-0.39, 0.29) is 111 Å². The molecule has 0 bridgehead atoms. The van der Waals surface area contributed by atoms with Crippen LogP contribution in [0.25, 0.3) is 0 Å². The first-order chi connectivity index (χ1) is 68.0. The molecule has 4 aliphatic carbocycles. The highest BCUT2D eigenvalue weighted by Crippen LogP contribution is 2.54. The number of hydrogen-bond donors (Lipinski definition) is 14. The number of nitrogens with one attached hydrogen (secondary N) is 9. The van der Waals surface area contributed by atoms with Crippen LogP contribution in [0.2, 0.25) is 0 Å². The van der Waals surface area contributed by atoms with Crippen LogP contribution in [0.15, 0.2) is 0 Å². The number of likely N-dealkylation sites (tertiary alicyclic amines) is 3. The number of rotatable bonds is 28. The molecule has 146 heavy (non-hydrogen) atoms. The number of aryl methyl sites for hydroxylation is 3. The normalized spacial score (nSPS) is 21.6. The van der Waals surface area contributed by atoms with Crippen molar-refractivity contribution >= 4 is 165 Å². The van der Waals surface area contributed by atoms with Crippen LogP contribution in [0.1, 0.15) is 347 Å². The smallest absolute Gasteiger partial charge is 0.353 e. The molecule has 9 heterocycles. The number of nitrogens with two attached hydrogens (primary N) is 2. The Morgan fingerprint density at radius 3 is 0.993 bits per heavy atom. The minimum absolute atomic E-state index is 0. The summed E-state index contributed by atoms with van der Waals surface area (Å²) in [6.45, 7) is 35.0.